The summed E-state index contributed by atoms with van der Waals surface area (Å²) >= 11 is 16.4. The Bertz CT molecular complexity index is 614. The molecule has 4 nitrogen and oxygen atoms in total. The van der Waals surface area contributed by atoms with Crippen LogP contribution < -0.4 is 5.32 Å². The zero-order chi connectivity index (χ0) is 14.0. The third kappa shape index (κ3) is 3.60. The topological polar surface area (TPSA) is 55.2 Å². The number of thiophene rings is 1. The van der Waals surface area contributed by atoms with Crippen LogP contribution in [0, 0.1) is 10.1 Å². The smallest absolute Gasteiger partial charge is 0.293 e. The van der Waals surface area contributed by atoms with Gasteiger partial charge >= 0.3 is 0 Å². The Morgan fingerprint density at radius 1 is 1.37 bits per heavy atom. The van der Waals surface area contributed by atoms with Gasteiger partial charge in [0, 0.05) is 27.0 Å². The van der Waals surface area contributed by atoms with Crippen LogP contribution in [0.15, 0.2) is 28.7 Å². The van der Waals surface area contributed by atoms with Gasteiger partial charge in [0.25, 0.3) is 5.69 Å². The van der Waals surface area contributed by atoms with E-state index in [2.05, 4.69) is 21.2 Å². The van der Waals surface area contributed by atoms with E-state index in [9.17, 15) is 10.1 Å². The summed E-state index contributed by atoms with van der Waals surface area (Å²) < 4.78 is 1.48. The van der Waals surface area contributed by atoms with E-state index < -0.39 is 4.92 Å². The number of nitrogens with zero attached hydrogens (tertiary/aromatic N) is 1. The minimum Gasteiger partial charge on any atom is -0.375 e. The van der Waals surface area contributed by atoms with Crippen LogP contribution in [0.1, 0.15) is 4.88 Å². The van der Waals surface area contributed by atoms with Crippen molar-refractivity contribution in [3.05, 3.63) is 53.1 Å². The molecule has 0 radical (unpaired) electrons. The molecule has 100 valence electrons. The average Bonchev–Trinajstić information content (AvgIpc) is 2.67. The van der Waals surface area contributed by atoms with Gasteiger partial charge < -0.3 is 5.32 Å². The van der Waals surface area contributed by atoms with E-state index in [1.54, 1.807) is 12.1 Å². The van der Waals surface area contributed by atoms with E-state index in [0.717, 1.165) is 9.35 Å². The highest BCUT2D eigenvalue weighted by molar-refractivity contribution is 9.10. The molecule has 1 aromatic carbocycles. The molecule has 1 heterocycles. The summed E-state index contributed by atoms with van der Waals surface area (Å²) in [7, 11) is 0. The molecule has 8 heteroatoms. The molecule has 2 aromatic rings. The summed E-state index contributed by atoms with van der Waals surface area (Å²) in [6, 6.07) is 6.39. The number of halogens is 3. The van der Waals surface area contributed by atoms with Gasteiger partial charge in [-0.1, -0.05) is 23.2 Å². The fourth-order valence-corrected chi connectivity index (χ4v) is 3.36. The first kappa shape index (κ1) is 14.6. The molecule has 1 N–H and O–H groups in total. The first-order valence-electron chi connectivity index (χ1n) is 5.09. The van der Waals surface area contributed by atoms with Gasteiger partial charge in [0.1, 0.15) is 10.0 Å². The van der Waals surface area contributed by atoms with Gasteiger partial charge in [0.15, 0.2) is 0 Å². The number of nitrogens with one attached hydrogen (secondary N) is 1. The predicted molar refractivity (Wildman–Crippen MR) is 82.5 cm³/mol. The van der Waals surface area contributed by atoms with Gasteiger partial charge in [0.05, 0.1) is 4.92 Å². The maximum atomic E-state index is 10.9. The molecule has 0 unspecified atom stereocenters. The van der Waals surface area contributed by atoms with Crippen molar-refractivity contribution in [2.24, 2.45) is 0 Å². The molecular formula is C11H7BrCl2N2O2S. The lowest BCUT2D eigenvalue weighted by Gasteiger charge is -2.05. The number of nitro groups is 1. The molecular weight excluding hydrogens is 375 g/mol. The highest BCUT2D eigenvalue weighted by atomic mass is 79.9. The maximum absolute atomic E-state index is 10.9. The van der Waals surface area contributed by atoms with Crippen molar-refractivity contribution in [2.45, 2.75) is 6.54 Å². The fourth-order valence-electron chi connectivity index (χ4n) is 1.47. The predicted octanol–water partition coefficient (Wildman–Crippen LogP) is 5.34. The van der Waals surface area contributed by atoms with Crippen molar-refractivity contribution in [3.8, 4) is 0 Å². The fraction of sp³-hybridized carbons (Fsp3) is 0.0909. The van der Waals surface area contributed by atoms with E-state index >= 15 is 0 Å². The number of hydrogen-bond acceptors (Lipinski definition) is 4. The van der Waals surface area contributed by atoms with Gasteiger partial charge in [-0.25, -0.2) is 0 Å². The highest BCUT2D eigenvalue weighted by Gasteiger charge is 2.14. The van der Waals surface area contributed by atoms with Gasteiger partial charge in [-0.05, 0) is 34.1 Å². The number of nitro benzene ring substituents is 1. The molecule has 0 fully saturated rings. The van der Waals surface area contributed by atoms with Crippen molar-refractivity contribution >= 4 is 61.8 Å². The third-order valence-corrected chi connectivity index (χ3v) is 5.02. The van der Waals surface area contributed by atoms with Gasteiger partial charge in [-0.15, -0.1) is 11.3 Å². The van der Waals surface area contributed by atoms with Crippen LogP contribution in [0.4, 0.5) is 11.4 Å². The Hall–Kier alpha value is -0.820. The quantitative estimate of drug-likeness (QED) is 0.574. The molecule has 0 saturated carbocycles. The van der Waals surface area contributed by atoms with Crippen molar-refractivity contribution in [2.75, 3.05) is 5.32 Å². The second-order valence-corrected chi connectivity index (χ2v) is 6.64. The highest BCUT2D eigenvalue weighted by Crippen LogP contribution is 2.33. The summed E-state index contributed by atoms with van der Waals surface area (Å²) in [5, 5.41) is 14.3. The van der Waals surface area contributed by atoms with Gasteiger partial charge in [-0.3, -0.25) is 10.1 Å². The minimum atomic E-state index is -0.467. The molecule has 19 heavy (non-hydrogen) atoms. The number of hydrogen-bond donors (Lipinski definition) is 1. The number of rotatable bonds is 4. The summed E-state index contributed by atoms with van der Waals surface area (Å²) in [6.45, 7) is 0.457. The van der Waals surface area contributed by atoms with Crippen molar-refractivity contribution in [1.29, 1.82) is 0 Å². The average molecular weight is 382 g/mol. The molecule has 0 bridgehead atoms. The molecule has 2 rings (SSSR count). The minimum absolute atomic E-state index is 0.0470. The molecule has 0 saturated heterocycles. The lowest BCUT2D eigenvalue weighted by atomic mass is 10.2. The monoisotopic (exact) mass is 380 g/mol. The second kappa shape index (κ2) is 6.09. The van der Waals surface area contributed by atoms with Crippen LogP contribution in [0.2, 0.25) is 9.36 Å². The second-order valence-electron chi connectivity index (χ2n) is 3.61. The standard InChI is InChI=1S/C11H7BrCl2N2O2S/c12-8-4-7(19-11(8)14)5-15-9-2-1-6(13)3-10(9)16(17)18/h1-4,15H,5H2. The summed E-state index contributed by atoms with van der Waals surface area (Å²) in [5.41, 5.74) is 0.379. The van der Waals surface area contributed by atoms with E-state index in [-0.39, 0.29) is 5.69 Å². The molecule has 1 aromatic heterocycles. The van der Waals surface area contributed by atoms with E-state index in [4.69, 9.17) is 23.2 Å². The lowest BCUT2D eigenvalue weighted by molar-refractivity contribution is -0.383. The van der Waals surface area contributed by atoms with E-state index in [0.29, 0.717) is 21.6 Å². The zero-order valence-corrected chi connectivity index (χ0v) is 13.2. The molecule has 0 aliphatic rings. The van der Waals surface area contributed by atoms with Gasteiger partial charge in [-0.2, -0.15) is 0 Å². The van der Waals surface area contributed by atoms with Crippen LogP contribution in [-0.2, 0) is 6.54 Å². The SMILES string of the molecule is O=[N+]([O-])c1cc(Cl)ccc1NCc1cc(Br)c(Cl)s1. The Kier molecular flexibility index (Phi) is 4.67. The van der Waals surface area contributed by atoms with Crippen LogP contribution >= 0.6 is 50.5 Å². The maximum Gasteiger partial charge on any atom is 0.293 e. The first-order valence-corrected chi connectivity index (χ1v) is 7.45. The lowest BCUT2D eigenvalue weighted by Crippen LogP contribution is -2.01. The summed E-state index contributed by atoms with van der Waals surface area (Å²) in [6.07, 6.45) is 0. The number of anilines is 1. The molecule has 0 spiro atoms. The van der Waals surface area contributed by atoms with Crippen LogP contribution in [0.5, 0.6) is 0 Å². The normalized spacial score (nSPS) is 10.5. The van der Waals surface area contributed by atoms with Crippen LogP contribution in [0.3, 0.4) is 0 Å². The largest absolute Gasteiger partial charge is 0.375 e. The van der Waals surface area contributed by atoms with Crippen molar-refractivity contribution in [1.82, 2.24) is 0 Å². The number of benzene rings is 1. The molecule has 0 aliphatic carbocycles. The zero-order valence-electron chi connectivity index (χ0n) is 9.32. The molecule has 0 aliphatic heterocycles. The molecule has 0 atom stereocenters. The van der Waals surface area contributed by atoms with Crippen LogP contribution in [0.25, 0.3) is 0 Å². The summed E-state index contributed by atoms with van der Waals surface area (Å²) in [5.74, 6) is 0. The summed E-state index contributed by atoms with van der Waals surface area (Å²) in [4.78, 5) is 11.4. The van der Waals surface area contributed by atoms with E-state index in [1.807, 2.05) is 6.07 Å². The Morgan fingerprint density at radius 3 is 2.68 bits per heavy atom. The van der Waals surface area contributed by atoms with Crippen molar-refractivity contribution in [3.63, 3.8) is 0 Å². The Balaban J connectivity index is 2.17. The molecule has 0 amide bonds. The first-order chi connectivity index (χ1) is 8.97. The Labute approximate surface area is 131 Å². The van der Waals surface area contributed by atoms with Crippen LogP contribution in [-0.4, -0.2) is 4.92 Å². The van der Waals surface area contributed by atoms with Gasteiger partial charge in [0.2, 0.25) is 0 Å². The van der Waals surface area contributed by atoms with E-state index in [1.165, 1.54) is 17.4 Å². The third-order valence-electron chi connectivity index (χ3n) is 2.31. The van der Waals surface area contributed by atoms with Crippen molar-refractivity contribution < 1.29 is 4.92 Å². The Morgan fingerprint density at radius 2 is 2.11 bits per heavy atom.